The predicted octanol–water partition coefficient (Wildman–Crippen LogP) is 6.26. The van der Waals surface area contributed by atoms with Gasteiger partial charge in [0, 0.05) is 23.1 Å². The zero-order valence-corrected chi connectivity index (χ0v) is 20.9. The third-order valence-corrected chi connectivity index (χ3v) is 5.69. The van der Waals surface area contributed by atoms with Crippen molar-refractivity contribution in [1.82, 2.24) is 9.97 Å². The highest BCUT2D eigenvalue weighted by atomic mass is 19.4. The van der Waals surface area contributed by atoms with E-state index in [1.165, 1.54) is 32.4 Å². The molecule has 1 heterocycles. The SMILES string of the molecule is COc1ccc(-c2nc(C(F)(F)F)ncc2C(=O)Nc2cc(C(C)C)c(N)c(C(C)C)c2)cc1OC. The number of anilines is 2. The second kappa shape index (κ2) is 10.4. The number of nitrogens with zero attached hydrogens (tertiary/aromatic N) is 2. The van der Waals surface area contributed by atoms with Gasteiger partial charge in [0.15, 0.2) is 11.5 Å². The van der Waals surface area contributed by atoms with Gasteiger partial charge in [-0.3, -0.25) is 4.79 Å². The molecular weight excluding hydrogens is 473 g/mol. The van der Waals surface area contributed by atoms with Crippen LogP contribution in [0.1, 0.15) is 66.8 Å². The molecule has 3 aromatic rings. The summed E-state index contributed by atoms with van der Waals surface area (Å²) in [4.78, 5) is 20.4. The normalized spacial score (nSPS) is 11.6. The van der Waals surface area contributed by atoms with Crippen molar-refractivity contribution in [2.24, 2.45) is 0 Å². The molecule has 0 radical (unpaired) electrons. The molecule has 0 aliphatic heterocycles. The molecule has 1 aromatic heterocycles. The number of hydrogen-bond donors (Lipinski definition) is 2. The van der Waals surface area contributed by atoms with Crippen molar-refractivity contribution in [3.05, 3.63) is 59.0 Å². The first kappa shape index (κ1) is 26.8. The number of ether oxygens (including phenoxy) is 2. The van der Waals surface area contributed by atoms with Crippen molar-refractivity contribution in [3.63, 3.8) is 0 Å². The maximum absolute atomic E-state index is 13.4. The van der Waals surface area contributed by atoms with Gasteiger partial charge in [-0.1, -0.05) is 27.7 Å². The van der Waals surface area contributed by atoms with E-state index in [2.05, 4.69) is 15.3 Å². The maximum atomic E-state index is 13.4. The van der Waals surface area contributed by atoms with Crippen LogP contribution in [0, 0.1) is 0 Å². The molecule has 0 fully saturated rings. The van der Waals surface area contributed by atoms with Gasteiger partial charge in [0.1, 0.15) is 0 Å². The number of halogens is 3. The Morgan fingerprint density at radius 2 is 1.56 bits per heavy atom. The predicted molar refractivity (Wildman–Crippen MR) is 133 cm³/mol. The Balaban J connectivity index is 2.13. The van der Waals surface area contributed by atoms with Crippen molar-refractivity contribution in [2.45, 2.75) is 45.7 Å². The van der Waals surface area contributed by atoms with E-state index in [9.17, 15) is 18.0 Å². The van der Waals surface area contributed by atoms with Gasteiger partial charge < -0.3 is 20.5 Å². The second-order valence-corrected chi connectivity index (χ2v) is 8.86. The van der Waals surface area contributed by atoms with Crippen molar-refractivity contribution >= 4 is 17.3 Å². The molecule has 3 rings (SSSR count). The lowest BCUT2D eigenvalue weighted by atomic mass is 9.92. The molecule has 0 saturated heterocycles. The Bertz CT molecular complexity index is 1240. The second-order valence-electron chi connectivity index (χ2n) is 8.86. The summed E-state index contributed by atoms with van der Waals surface area (Å²) >= 11 is 0. The Hall–Kier alpha value is -3.82. The topological polar surface area (TPSA) is 99.4 Å². The van der Waals surface area contributed by atoms with Gasteiger partial charge in [-0.15, -0.1) is 0 Å². The minimum atomic E-state index is -4.80. The summed E-state index contributed by atoms with van der Waals surface area (Å²) in [6.07, 6.45) is -3.92. The molecule has 7 nitrogen and oxygen atoms in total. The lowest BCUT2D eigenvalue weighted by Crippen LogP contribution is -2.19. The van der Waals surface area contributed by atoms with E-state index in [0.717, 1.165) is 17.3 Å². The van der Waals surface area contributed by atoms with Crippen LogP contribution in [0.5, 0.6) is 11.5 Å². The molecule has 0 bridgehead atoms. The number of carbonyl (C=O) groups is 1. The highest BCUT2D eigenvalue weighted by molar-refractivity contribution is 6.08. The quantitative estimate of drug-likeness (QED) is 0.370. The maximum Gasteiger partial charge on any atom is 0.451 e. The number of rotatable bonds is 7. The van der Waals surface area contributed by atoms with Gasteiger partial charge in [0.25, 0.3) is 5.91 Å². The lowest BCUT2D eigenvalue weighted by Gasteiger charge is -2.19. The van der Waals surface area contributed by atoms with Crippen LogP contribution in [0.15, 0.2) is 36.5 Å². The molecule has 0 aliphatic carbocycles. The number of nitrogens with two attached hydrogens (primary N) is 1. The number of methoxy groups -OCH3 is 2. The van der Waals surface area contributed by atoms with Crippen molar-refractivity contribution in [2.75, 3.05) is 25.3 Å². The number of amides is 1. The number of aromatic nitrogens is 2. The monoisotopic (exact) mass is 502 g/mol. The van der Waals surface area contributed by atoms with Crippen LogP contribution in [0.25, 0.3) is 11.3 Å². The number of hydrogen-bond acceptors (Lipinski definition) is 6. The zero-order valence-electron chi connectivity index (χ0n) is 20.9. The molecule has 2 aromatic carbocycles. The third-order valence-electron chi connectivity index (χ3n) is 5.69. The van der Waals surface area contributed by atoms with Gasteiger partial charge in [0.05, 0.1) is 25.5 Å². The molecule has 1 amide bonds. The van der Waals surface area contributed by atoms with Crippen LogP contribution in [0.2, 0.25) is 0 Å². The molecule has 192 valence electrons. The average Bonchev–Trinajstić information content (AvgIpc) is 2.83. The largest absolute Gasteiger partial charge is 0.493 e. The Kier molecular flexibility index (Phi) is 7.76. The Labute approximate surface area is 207 Å². The molecule has 0 saturated carbocycles. The first-order valence-electron chi connectivity index (χ1n) is 11.3. The molecule has 0 aliphatic rings. The van der Waals surface area contributed by atoms with E-state index in [-0.39, 0.29) is 34.4 Å². The number of nitrogens with one attached hydrogen (secondary N) is 1. The first-order chi connectivity index (χ1) is 16.9. The minimum absolute atomic E-state index is 0.0936. The van der Waals surface area contributed by atoms with Gasteiger partial charge in [-0.25, -0.2) is 9.97 Å². The van der Waals surface area contributed by atoms with Crippen LogP contribution in [0.3, 0.4) is 0 Å². The zero-order chi connectivity index (χ0) is 26.8. The van der Waals surface area contributed by atoms with E-state index in [1.54, 1.807) is 12.1 Å². The summed E-state index contributed by atoms with van der Waals surface area (Å²) in [6.45, 7) is 7.95. The third kappa shape index (κ3) is 5.53. The summed E-state index contributed by atoms with van der Waals surface area (Å²) in [7, 11) is 2.84. The van der Waals surface area contributed by atoms with E-state index in [1.807, 2.05) is 27.7 Å². The highest BCUT2D eigenvalue weighted by Crippen LogP contribution is 2.36. The van der Waals surface area contributed by atoms with E-state index >= 15 is 0 Å². The summed E-state index contributed by atoms with van der Waals surface area (Å²) in [6, 6.07) is 8.01. The number of carbonyl (C=O) groups excluding carboxylic acids is 1. The summed E-state index contributed by atoms with van der Waals surface area (Å²) in [5.41, 5.74) is 9.09. The molecule has 10 heteroatoms. The molecule has 3 N–H and O–H groups in total. The molecule has 0 spiro atoms. The number of nitrogen functional groups attached to an aromatic ring is 1. The van der Waals surface area contributed by atoms with Crippen LogP contribution >= 0.6 is 0 Å². The van der Waals surface area contributed by atoms with Crippen LogP contribution in [-0.4, -0.2) is 30.1 Å². The fraction of sp³-hybridized carbons (Fsp3) is 0.346. The van der Waals surface area contributed by atoms with Gasteiger partial charge in [0.2, 0.25) is 5.82 Å². The van der Waals surface area contributed by atoms with Crippen LogP contribution < -0.4 is 20.5 Å². The molecule has 0 atom stereocenters. The van der Waals surface area contributed by atoms with Gasteiger partial charge >= 0.3 is 6.18 Å². The van der Waals surface area contributed by atoms with Gasteiger partial charge in [-0.2, -0.15) is 13.2 Å². The molecule has 0 unspecified atom stereocenters. The molecule has 36 heavy (non-hydrogen) atoms. The van der Waals surface area contributed by atoms with Crippen molar-refractivity contribution < 1.29 is 27.4 Å². The Morgan fingerprint density at radius 3 is 2.06 bits per heavy atom. The minimum Gasteiger partial charge on any atom is -0.493 e. The fourth-order valence-electron chi connectivity index (χ4n) is 3.81. The summed E-state index contributed by atoms with van der Waals surface area (Å²) in [5.74, 6) is -1.19. The lowest BCUT2D eigenvalue weighted by molar-refractivity contribution is -0.144. The molecular formula is C26H29F3N4O3. The van der Waals surface area contributed by atoms with E-state index in [4.69, 9.17) is 15.2 Å². The summed E-state index contributed by atoms with van der Waals surface area (Å²) in [5, 5.41) is 2.78. The Morgan fingerprint density at radius 1 is 0.972 bits per heavy atom. The van der Waals surface area contributed by atoms with E-state index in [0.29, 0.717) is 17.1 Å². The van der Waals surface area contributed by atoms with Crippen LogP contribution in [-0.2, 0) is 6.18 Å². The van der Waals surface area contributed by atoms with E-state index < -0.39 is 17.9 Å². The number of alkyl halides is 3. The smallest absolute Gasteiger partial charge is 0.451 e. The van der Waals surface area contributed by atoms with Gasteiger partial charge in [-0.05, 0) is 53.3 Å². The first-order valence-corrected chi connectivity index (χ1v) is 11.3. The average molecular weight is 503 g/mol. The number of benzene rings is 2. The van der Waals surface area contributed by atoms with Crippen molar-refractivity contribution in [1.29, 1.82) is 0 Å². The van der Waals surface area contributed by atoms with Crippen LogP contribution in [0.4, 0.5) is 24.5 Å². The summed E-state index contributed by atoms with van der Waals surface area (Å²) < 4.78 is 50.7. The standard InChI is InChI=1S/C26H29F3N4O3/c1-13(2)17-10-16(11-18(14(3)4)22(17)30)32-24(34)19-12-31-25(26(27,28)29)33-23(19)15-7-8-20(35-5)21(9-15)36-6/h7-14H,30H2,1-6H3,(H,32,34). The van der Waals surface area contributed by atoms with Crippen molar-refractivity contribution in [3.8, 4) is 22.8 Å². The highest BCUT2D eigenvalue weighted by Gasteiger charge is 2.36. The fourth-order valence-corrected chi connectivity index (χ4v) is 3.81.